The number of aliphatic hydroxyl groups excluding tert-OH is 1. The predicted molar refractivity (Wildman–Crippen MR) is 153 cm³/mol. The van der Waals surface area contributed by atoms with E-state index in [-0.39, 0.29) is 35.9 Å². The van der Waals surface area contributed by atoms with Crippen LogP contribution in [-0.4, -0.2) is 55.9 Å². The minimum atomic E-state index is -4.76. The van der Waals surface area contributed by atoms with Gasteiger partial charge in [0.15, 0.2) is 15.4 Å². The van der Waals surface area contributed by atoms with Crippen LogP contribution in [0.5, 0.6) is 5.75 Å². The van der Waals surface area contributed by atoms with E-state index in [1.54, 1.807) is 49.4 Å². The number of hydrogen-bond donors (Lipinski definition) is 3. The van der Waals surface area contributed by atoms with Gasteiger partial charge in [-0.3, -0.25) is 10.2 Å². The summed E-state index contributed by atoms with van der Waals surface area (Å²) < 4.78 is 90.9. The molecule has 1 heterocycles. The number of ether oxygens (including phenoxy) is 2. The first-order valence-corrected chi connectivity index (χ1v) is 15.3. The number of rotatable bonds is 13. The number of nitrogens with one attached hydrogen (secondary N) is 2. The quantitative estimate of drug-likeness (QED) is 0.146. The van der Waals surface area contributed by atoms with Crippen molar-refractivity contribution in [1.29, 1.82) is 0 Å². The van der Waals surface area contributed by atoms with Crippen LogP contribution < -0.4 is 15.6 Å². The molecule has 0 saturated carbocycles. The van der Waals surface area contributed by atoms with Gasteiger partial charge in [0.25, 0.3) is 5.91 Å². The first-order valence-electron chi connectivity index (χ1n) is 13.6. The van der Waals surface area contributed by atoms with Gasteiger partial charge in [-0.1, -0.05) is 18.2 Å². The zero-order valence-electron chi connectivity index (χ0n) is 23.6. The minimum Gasteiger partial charge on any atom is -0.494 e. The van der Waals surface area contributed by atoms with Gasteiger partial charge in [-0.2, -0.15) is 13.2 Å². The van der Waals surface area contributed by atoms with Gasteiger partial charge in [-0.25, -0.2) is 23.2 Å². The Morgan fingerprint density at radius 3 is 2.45 bits per heavy atom. The molecule has 0 aliphatic carbocycles. The van der Waals surface area contributed by atoms with E-state index in [0.717, 1.165) is 12.1 Å². The van der Waals surface area contributed by atoms with E-state index >= 15 is 0 Å². The highest BCUT2D eigenvalue weighted by Crippen LogP contribution is 2.34. The standard InChI is InChI=1S/C30H31F4N3O6S/c1-20-29(12-15-44(40,41)26-6-3-2-4-7-26,36-27(43-20)22-8-10-25(11-9-22)42-14-5-13-38)28(39)37-35-19-21-16-23(30(32,33)34)18-24(31)17-21/h2-4,6-11,16-18,20,35,38H,5,12-15,19H2,1H3,(H,37,39)/t20-,29-/m0/s1. The number of nitrogens with zero attached hydrogens (tertiary/aromatic N) is 1. The first-order chi connectivity index (χ1) is 20.8. The molecule has 0 bridgehead atoms. The van der Waals surface area contributed by atoms with Crippen LogP contribution in [0.15, 0.2) is 82.7 Å². The van der Waals surface area contributed by atoms with Crippen molar-refractivity contribution in [1.82, 2.24) is 10.9 Å². The molecule has 0 radical (unpaired) electrons. The Labute approximate surface area is 251 Å². The highest BCUT2D eigenvalue weighted by atomic mass is 32.2. The Morgan fingerprint density at radius 1 is 1.09 bits per heavy atom. The summed E-state index contributed by atoms with van der Waals surface area (Å²) in [4.78, 5) is 18.3. The maximum absolute atomic E-state index is 13.8. The maximum Gasteiger partial charge on any atom is 0.416 e. The molecule has 236 valence electrons. The second kappa shape index (κ2) is 13.7. The van der Waals surface area contributed by atoms with E-state index in [1.807, 2.05) is 0 Å². The van der Waals surface area contributed by atoms with E-state index < -0.39 is 50.7 Å². The number of aliphatic hydroxyl groups is 1. The number of hydrogen-bond acceptors (Lipinski definition) is 8. The van der Waals surface area contributed by atoms with E-state index in [0.29, 0.717) is 30.4 Å². The zero-order chi connectivity index (χ0) is 32.0. The van der Waals surface area contributed by atoms with Gasteiger partial charge < -0.3 is 14.6 Å². The molecule has 0 fully saturated rings. The fourth-order valence-corrected chi connectivity index (χ4v) is 5.93. The van der Waals surface area contributed by atoms with E-state index in [1.165, 1.54) is 12.1 Å². The molecular formula is C30H31F4N3O6S. The average molecular weight is 638 g/mol. The van der Waals surface area contributed by atoms with Crippen LogP contribution in [0.4, 0.5) is 17.6 Å². The third-order valence-electron chi connectivity index (χ3n) is 6.96. The normalized spacial score (nSPS) is 18.4. The molecule has 0 aromatic heterocycles. The molecule has 1 amide bonds. The van der Waals surface area contributed by atoms with Crippen molar-refractivity contribution < 1.29 is 45.4 Å². The van der Waals surface area contributed by atoms with Crippen LogP contribution in [0.1, 0.15) is 36.5 Å². The largest absolute Gasteiger partial charge is 0.494 e. The Balaban J connectivity index is 1.57. The molecule has 0 unspecified atom stereocenters. The first kappa shape index (κ1) is 32.9. The number of aliphatic imine (C=N–C) groups is 1. The van der Waals surface area contributed by atoms with Gasteiger partial charge in [0.1, 0.15) is 17.7 Å². The molecule has 0 saturated heterocycles. The van der Waals surface area contributed by atoms with Gasteiger partial charge in [-0.15, -0.1) is 0 Å². The van der Waals surface area contributed by atoms with Crippen LogP contribution in [0.25, 0.3) is 0 Å². The van der Waals surface area contributed by atoms with Crippen LogP contribution in [0, 0.1) is 5.82 Å². The number of carbonyl (C=O) groups excluding carboxylic acids is 1. The second-order valence-corrected chi connectivity index (χ2v) is 12.2. The number of amides is 1. The Bertz CT molecular complexity index is 1580. The number of hydrazine groups is 1. The Hall–Kier alpha value is -4.01. The lowest BCUT2D eigenvalue weighted by molar-refractivity contribution is -0.138. The molecule has 9 nitrogen and oxygen atoms in total. The third-order valence-corrected chi connectivity index (χ3v) is 8.69. The molecule has 44 heavy (non-hydrogen) atoms. The molecule has 2 atom stereocenters. The van der Waals surface area contributed by atoms with Crippen molar-refractivity contribution in [2.45, 2.75) is 49.0 Å². The van der Waals surface area contributed by atoms with Gasteiger partial charge in [0.05, 0.1) is 22.8 Å². The van der Waals surface area contributed by atoms with E-state index in [4.69, 9.17) is 14.6 Å². The Kier molecular flexibility index (Phi) is 10.3. The number of sulfone groups is 1. The molecule has 1 aliphatic heterocycles. The zero-order valence-corrected chi connectivity index (χ0v) is 24.4. The number of halogens is 4. The number of alkyl halides is 3. The second-order valence-electron chi connectivity index (χ2n) is 10.1. The molecule has 3 aromatic rings. The van der Waals surface area contributed by atoms with Crippen LogP contribution >= 0.6 is 0 Å². The van der Waals surface area contributed by atoms with Crippen molar-refractivity contribution in [3.05, 3.63) is 95.3 Å². The van der Waals surface area contributed by atoms with E-state index in [9.17, 15) is 30.8 Å². The summed E-state index contributed by atoms with van der Waals surface area (Å²) in [6.45, 7) is 1.48. The summed E-state index contributed by atoms with van der Waals surface area (Å²) in [5, 5.41) is 8.93. The van der Waals surface area contributed by atoms with Gasteiger partial charge in [-0.05, 0) is 73.5 Å². The predicted octanol–water partition coefficient (Wildman–Crippen LogP) is 4.19. The number of benzene rings is 3. The molecule has 0 spiro atoms. The summed E-state index contributed by atoms with van der Waals surface area (Å²) >= 11 is 0. The lowest BCUT2D eigenvalue weighted by Gasteiger charge is -2.28. The van der Waals surface area contributed by atoms with Crippen LogP contribution in [-0.2, 0) is 32.1 Å². The van der Waals surface area contributed by atoms with Gasteiger partial charge in [0, 0.05) is 25.1 Å². The van der Waals surface area contributed by atoms with Gasteiger partial charge >= 0.3 is 6.18 Å². The summed E-state index contributed by atoms with van der Waals surface area (Å²) in [6.07, 6.45) is -5.55. The fourth-order valence-electron chi connectivity index (χ4n) is 4.54. The smallest absolute Gasteiger partial charge is 0.416 e. The van der Waals surface area contributed by atoms with Crippen molar-refractivity contribution in [3.8, 4) is 5.75 Å². The summed E-state index contributed by atoms with van der Waals surface area (Å²) in [7, 11) is -3.84. The Morgan fingerprint density at radius 2 is 1.80 bits per heavy atom. The summed E-state index contributed by atoms with van der Waals surface area (Å²) in [5.41, 5.74) is 2.37. The average Bonchev–Trinajstić information content (AvgIpc) is 3.33. The van der Waals surface area contributed by atoms with Crippen molar-refractivity contribution in [2.75, 3.05) is 19.0 Å². The topological polar surface area (TPSA) is 126 Å². The fraction of sp³-hybridized carbons (Fsp3) is 0.333. The van der Waals surface area contributed by atoms with Crippen LogP contribution in [0.3, 0.4) is 0 Å². The lowest BCUT2D eigenvalue weighted by atomic mass is 9.90. The monoisotopic (exact) mass is 637 g/mol. The summed E-state index contributed by atoms with van der Waals surface area (Å²) in [5.74, 6) is -1.75. The maximum atomic E-state index is 13.8. The molecule has 3 aromatic carbocycles. The molecule has 3 N–H and O–H groups in total. The highest BCUT2D eigenvalue weighted by Gasteiger charge is 2.51. The lowest BCUT2D eigenvalue weighted by Crippen LogP contribution is -2.55. The van der Waals surface area contributed by atoms with E-state index in [2.05, 4.69) is 15.8 Å². The third kappa shape index (κ3) is 7.92. The highest BCUT2D eigenvalue weighted by molar-refractivity contribution is 7.91. The van der Waals surface area contributed by atoms with Gasteiger partial charge in [0.2, 0.25) is 5.90 Å². The SMILES string of the molecule is C[C@@H]1OC(c2ccc(OCCCO)cc2)=N[C@]1(CCS(=O)(=O)c1ccccc1)C(=O)NNCc1cc(F)cc(C(F)(F)F)c1. The van der Waals surface area contributed by atoms with Crippen molar-refractivity contribution >= 4 is 21.6 Å². The molecular weight excluding hydrogens is 606 g/mol. The van der Waals surface area contributed by atoms with Crippen molar-refractivity contribution in [3.63, 3.8) is 0 Å². The number of carbonyl (C=O) groups is 1. The molecule has 14 heteroatoms. The molecule has 1 aliphatic rings. The molecule has 4 rings (SSSR count). The minimum absolute atomic E-state index is 0.0174. The van der Waals surface area contributed by atoms with Crippen molar-refractivity contribution in [2.24, 2.45) is 4.99 Å². The van der Waals surface area contributed by atoms with Crippen LogP contribution in [0.2, 0.25) is 0 Å². The summed E-state index contributed by atoms with van der Waals surface area (Å²) in [6, 6.07) is 16.3.